The van der Waals surface area contributed by atoms with E-state index in [-0.39, 0.29) is 18.3 Å². The second-order valence-corrected chi connectivity index (χ2v) is 12.9. The van der Waals surface area contributed by atoms with Crippen molar-refractivity contribution in [2.75, 3.05) is 11.5 Å². The SMILES string of the molecule is CC(C)C[C@H]1NC(=O)[C@H](C(C)C)NC(=O)[C@H]2CSSC[C@@H](NC(=O)[C@H](Cc3ccccc3)NC1=O)C(=O)N2. The molecule has 0 aromatic heterocycles. The summed E-state index contributed by atoms with van der Waals surface area (Å²) in [5.41, 5.74) is 0.831. The first kappa shape index (κ1) is 29.8. The lowest BCUT2D eigenvalue weighted by Crippen LogP contribution is -2.60. The number of fused-ring (bicyclic) bond motifs is 3. The molecule has 2 aliphatic heterocycles. The van der Waals surface area contributed by atoms with Crippen LogP contribution in [-0.2, 0) is 30.4 Å². The largest absolute Gasteiger partial charge is 0.343 e. The Bertz CT molecular complexity index is 1020. The molecular formula is C26H37N5O5S2. The van der Waals surface area contributed by atoms with Crippen LogP contribution in [0.1, 0.15) is 39.7 Å². The molecule has 5 N–H and O–H groups in total. The second-order valence-electron chi connectivity index (χ2n) is 10.4. The highest BCUT2D eigenvalue weighted by Crippen LogP contribution is 2.25. The Hall–Kier alpha value is -2.73. The number of hydrogen-bond donors (Lipinski definition) is 5. The molecule has 0 spiro atoms. The van der Waals surface area contributed by atoms with Gasteiger partial charge in [0.2, 0.25) is 29.5 Å². The zero-order valence-corrected chi connectivity index (χ0v) is 23.7. The van der Waals surface area contributed by atoms with Gasteiger partial charge in [-0.3, -0.25) is 24.0 Å². The number of hydrogen-bond acceptors (Lipinski definition) is 7. The van der Waals surface area contributed by atoms with E-state index >= 15 is 0 Å². The summed E-state index contributed by atoms with van der Waals surface area (Å²) in [5, 5.41) is 13.9. The number of benzene rings is 1. The molecule has 5 atom stereocenters. The predicted octanol–water partition coefficient (Wildman–Crippen LogP) is 0.764. The molecule has 12 heteroatoms. The molecule has 38 heavy (non-hydrogen) atoms. The van der Waals surface area contributed by atoms with Gasteiger partial charge in [-0.25, -0.2) is 0 Å². The first-order valence-corrected chi connectivity index (χ1v) is 15.3. The molecule has 2 bridgehead atoms. The van der Waals surface area contributed by atoms with Crippen molar-refractivity contribution in [3.8, 4) is 0 Å². The van der Waals surface area contributed by atoms with Gasteiger partial charge in [-0.15, -0.1) is 0 Å². The molecule has 0 radical (unpaired) electrons. The van der Waals surface area contributed by atoms with Crippen LogP contribution in [0.2, 0.25) is 0 Å². The number of nitrogens with one attached hydrogen (secondary N) is 5. The summed E-state index contributed by atoms with van der Waals surface area (Å²) in [5.74, 6) is -2.09. The molecule has 2 aliphatic rings. The van der Waals surface area contributed by atoms with Crippen LogP contribution in [-0.4, -0.2) is 71.3 Å². The van der Waals surface area contributed by atoms with E-state index in [1.54, 1.807) is 13.8 Å². The molecule has 3 rings (SSSR count). The van der Waals surface area contributed by atoms with Crippen LogP contribution in [0, 0.1) is 11.8 Å². The third-order valence-electron chi connectivity index (χ3n) is 6.32. The monoisotopic (exact) mass is 563 g/mol. The van der Waals surface area contributed by atoms with Crippen molar-refractivity contribution in [3.63, 3.8) is 0 Å². The minimum atomic E-state index is -0.978. The Morgan fingerprint density at radius 2 is 1.21 bits per heavy atom. The van der Waals surface area contributed by atoms with Gasteiger partial charge >= 0.3 is 0 Å². The van der Waals surface area contributed by atoms with Crippen molar-refractivity contribution in [1.82, 2.24) is 26.6 Å². The molecule has 0 saturated carbocycles. The zero-order valence-electron chi connectivity index (χ0n) is 22.1. The lowest BCUT2D eigenvalue weighted by atomic mass is 9.99. The minimum absolute atomic E-state index is 0.0698. The van der Waals surface area contributed by atoms with Gasteiger partial charge in [0.25, 0.3) is 0 Å². The highest BCUT2D eigenvalue weighted by molar-refractivity contribution is 8.76. The molecule has 10 nitrogen and oxygen atoms in total. The maximum absolute atomic E-state index is 13.5. The molecule has 2 heterocycles. The lowest BCUT2D eigenvalue weighted by Gasteiger charge is -2.28. The van der Waals surface area contributed by atoms with Gasteiger partial charge in [0.1, 0.15) is 30.2 Å². The molecule has 2 saturated heterocycles. The number of amides is 5. The summed E-state index contributed by atoms with van der Waals surface area (Å²) >= 11 is 0. The van der Waals surface area contributed by atoms with Crippen LogP contribution in [0.5, 0.6) is 0 Å². The van der Waals surface area contributed by atoms with Crippen LogP contribution in [0.4, 0.5) is 0 Å². The van der Waals surface area contributed by atoms with Crippen molar-refractivity contribution in [2.24, 2.45) is 11.8 Å². The van der Waals surface area contributed by atoms with Gasteiger partial charge in [-0.05, 0) is 23.8 Å². The predicted molar refractivity (Wildman–Crippen MR) is 149 cm³/mol. The first-order valence-electron chi connectivity index (χ1n) is 12.8. The standard InChI is InChI=1S/C26H37N5O5S2/c1-14(2)10-17-22(32)27-18(11-16-8-6-5-7-9-16)23(33)29-19-12-37-38-13-20(30-24(19)34)25(35)31-21(15(3)4)26(36)28-17/h5-9,14-15,17-21H,10-13H2,1-4H3,(H,27,32)(H,28,36)(H,29,33)(H,30,34)(H,31,35)/t17-,18+,19-,20-,21+/m1/s1. The summed E-state index contributed by atoms with van der Waals surface area (Å²) in [7, 11) is 2.78. The van der Waals surface area contributed by atoms with E-state index in [0.717, 1.165) is 5.56 Å². The zero-order chi connectivity index (χ0) is 27.8. The summed E-state index contributed by atoms with van der Waals surface area (Å²) < 4.78 is 0. The first-order chi connectivity index (χ1) is 18.0. The minimum Gasteiger partial charge on any atom is -0.343 e. The van der Waals surface area contributed by atoms with Gasteiger partial charge < -0.3 is 26.6 Å². The molecular weight excluding hydrogens is 526 g/mol. The van der Waals surface area contributed by atoms with Gasteiger partial charge in [-0.1, -0.05) is 79.6 Å². The topological polar surface area (TPSA) is 146 Å². The maximum Gasteiger partial charge on any atom is 0.244 e. The van der Waals surface area contributed by atoms with Gasteiger partial charge in [0.15, 0.2) is 0 Å². The summed E-state index contributed by atoms with van der Waals surface area (Å²) in [6.45, 7) is 7.46. The maximum atomic E-state index is 13.5. The van der Waals surface area contributed by atoms with Gasteiger partial charge in [0, 0.05) is 17.9 Å². The Morgan fingerprint density at radius 1 is 0.684 bits per heavy atom. The smallest absolute Gasteiger partial charge is 0.244 e. The third-order valence-corrected chi connectivity index (χ3v) is 8.74. The van der Waals surface area contributed by atoms with Gasteiger partial charge in [-0.2, -0.15) is 0 Å². The number of rotatable bonds is 5. The van der Waals surface area contributed by atoms with Crippen molar-refractivity contribution < 1.29 is 24.0 Å². The highest BCUT2D eigenvalue weighted by atomic mass is 33.1. The van der Waals surface area contributed by atoms with Gasteiger partial charge in [0.05, 0.1) is 0 Å². The fraction of sp³-hybridized carbons (Fsp3) is 0.577. The molecule has 2 fully saturated rings. The Labute approximate surface area is 231 Å². The van der Waals surface area contributed by atoms with E-state index in [2.05, 4.69) is 26.6 Å². The Kier molecular flexibility index (Phi) is 10.9. The average molecular weight is 564 g/mol. The Morgan fingerprint density at radius 3 is 1.79 bits per heavy atom. The lowest BCUT2D eigenvalue weighted by molar-refractivity contribution is -0.134. The van der Waals surface area contributed by atoms with E-state index < -0.39 is 59.7 Å². The van der Waals surface area contributed by atoms with Crippen LogP contribution >= 0.6 is 21.6 Å². The van der Waals surface area contributed by atoms with Crippen LogP contribution in [0.15, 0.2) is 30.3 Å². The fourth-order valence-electron chi connectivity index (χ4n) is 4.23. The number of carbonyl (C=O) groups is 5. The van der Waals surface area contributed by atoms with E-state index in [0.29, 0.717) is 17.9 Å². The fourth-order valence-corrected chi connectivity index (χ4v) is 6.56. The van der Waals surface area contributed by atoms with E-state index in [1.165, 1.54) is 21.6 Å². The van der Waals surface area contributed by atoms with Crippen molar-refractivity contribution in [3.05, 3.63) is 35.9 Å². The van der Waals surface area contributed by atoms with Crippen molar-refractivity contribution >= 4 is 51.1 Å². The summed E-state index contributed by atoms with van der Waals surface area (Å²) in [6.07, 6.45) is 0.545. The van der Waals surface area contributed by atoms with E-state index in [1.807, 2.05) is 44.2 Å². The summed E-state index contributed by atoms with van der Waals surface area (Å²) in [6, 6.07) is 4.67. The molecule has 208 valence electrons. The normalized spacial score (nSPS) is 27.7. The third kappa shape index (κ3) is 8.39. The van der Waals surface area contributed by atoms with Crippen LogP contribution in [0.3, 0.4) is 0 Å². The second kappa shape index (κ2) is 13.9. The molecule has 1 aromatic rings. The summed E-state index contributed by atoms with van der Waals surface area (Å²) in [4.78, 5) is 66.4. The van der Waals surface area contributed by atoms with Crippen molar-refractivity contribution in [2.45, 2.75) is 70.7 Å². The van der Waals surface area contributed by atoms with Crippen LogP contribution < -0.4 is 26.6 Å². The Balaban J connectivity index is 1.99. The van der Waals surface area contributed by atoms with E-state index in [4.69, 9.17) is 0 Å². The molecule has 0 unspecified atom stereocenters. The molecule has 1 aromatic carbocycles. The number of carbonyl (C=O) groups excluding carboxylic acids is 5. The highest BCUT2D eigenvalue weighted by Gasteiger charge is 2.36. The molecule has 0 aliphatic carbocycles. The van der Waals surface area contributed by atoms with Crippen molar-refractivity contribution in [1.29, 1.82) is 0 Å². The van der Waals surface area contributed by atoms with E-state index in [9.17, 15) is 24.0 Å². The average Bonchev–Trinajstić information content (AvgIpc) is 2.85. The van der Waals surface area contributed by atoms with Crippen LogP contribution in [0.25, 0.3) is 0 Å². The molecule has 5 amide bonds. The quantitative estimate of drug-likeness (QED) is 0.333.